The van der Waals surface area contributed by atoms with E-state index >= 15 is 0 Å². The summed E-state index contributed by atoms with van der Waals surface area (Å²) in [6, 6.07) is 8.62. The fourth-order valence-corrected chi connectivity index (χ4v) is 2.96. The van der Waals surface area contributed by atoms with E-state index in [0.29, 0.717) is 54.8 Å². The highest BCUT2D eigenvalue weighted by Crippen LogP contribution is 2.34. The maximum atomic E-state index is 12.7. The zero-order valence-corrected chi connectivity index (χ0v) is 14.5. The molecular weight excluding hydrogens is 342 g/mol. The average molecular weight is 362 g/mol. The first kappa shape index (κ1) is 17.7. The van der Waals surface area contributed by atoms with Crippen molar-refractivity contribution in [3.63, 3.8) is 0 Å². The number of benzene rings is 1. The number of pyridine rings is 1. The van der Waals surface area contributed by atoms with Crippen LogP contribution in [0, 0.1) is 5.41 Å². The highest BCUT2D eigenvalue weighted by Gasteiger charge is 2.38. The highest BCUT2D eigenvalue weighted by atomic mass is 35.5. The Balaban J connectivity index is 1.71. The van der Waals surface area contributed by atoms with Crippen molar-refractivity contribution in [3.8, 4) is 11.5 Å². The number of anilines is 1. The zero-order valence-electron chi connectivity index (χ0n) is 13.7. The number of carbonyl (C=O) groups excluding carboxylic acids is 1. The smallest absolute Gasteiger partial charge is 0.232 e. The van der Waals surface area contributed by atoms with Crippen LogP contribution in [0.15, 0.2) is 42.7 Å². The fourth-order valence-electron chi connectivity index (χ4n) is 2.74. The van der Waals surface area contributed by atoms with Gasteiger partial charge in [0, 0.05) is 37.8 Å². The summed E-state index contributed by atoms with van der Waals surface area (Å²) in [6.45, 7) is 1.38. The van der Waals surface area contributed by atoms with Crippen LogP contribution in [0.25, 0.3) is 0 Å². The van der Waals surface area contributed by atoms with E-state index in [1.165, 1.54) is 0 Å². The molecule has 0 aliphatic carbocycles. The van der Waals surface area contributed by atoms with Crippen LogP contribution in [0.2, 0.25) is 5.02 Å². The predicted molar refractivity (Wildman–Crippen MR) is 95.9 cm³/mol. The minimum atomic E-state index is -0.586. The first-order valence-corrected chi connectivity index (χ1v) is 8.47. The first-order valence-electron chi connectivity index (χ1n) is 8.10. The summed E-state index contributed by atoms with van der Waals surface area (Å²) in [4.78, 5) is 16.6. The molecule has 0 spiro atoms. The van der Waals surface area contributed by atoms with Crippen molar-refractivity contribution < 1.29 is 14.3 Å². The Labute approximate surface area is 151 Å². The second-order valence-electron chi connectivity index (χ2n) is 5.98. The lowest BCUT2D eigenvalue weighted by atomic mass is 9.79. The molecule has 1 aromatic heterocycles. The van der Waals surface area contributed by atoms with Gasteiger partial charge >= 0.3 is 0 Å². The molecule has 1 fully saturated rings. The highest BCUT2D eigenvalue weighted by molar-refractivity contribution is 6.32. The number of nitrogens with two attached hydrogens (primary N) is 1. The van der Waals surface area contributed by atoms with E-state index < -0.39 is 5.41 Å². The molecule has 2 aromatic rings. The molecule has 0 radical (unpaired) electrons. The molecule has 1 saturated heterocycles. The number of ether oxygens (including phenoxy) is 2. The van der Waals surface area contributed by atoms with Crippen LogP contribution in [-0.2, 0) is 9.53 Å². The fraction of sp³-hybridized carbons (Fsp3) is 0.333. The maximum Gasteiger partial charge on any atom is 0.232 e. The van der Waals surface area contributed by atoms with Gasteiger partial charge in [-0.15, -0.1) is 0 Å². The SMILES string of the molecule is NCC1(C(=O)Nc2ccc(Oc3ccncc3)c(Cl)c2)CCOCC1. The van der Waals surface area contributed by atoms with Gasteiger partial charge in [-0.3, -0.25) is 9.78 Å². The third-order valence-electron chi connectivity index (χ3n) is 4.39. The van der Waals surface area contributed by atoms with Crippen molar-refractivity contribution in [3.05, 3.63) is 47.7 Å². The van der Waals surface area contributed by atoms with Gasteiger partial charge in [0.25, 0.3) is 0 Å². The molecule has 132 valence electrons. The number of aromatic nitrogens is 1. The Hall–Kier alpha value is -2.15. The molecule has 25 heavy (non-hydrogen) atoms. The van der Waals surface area contributed by atoms with Crippen LogP contribution >= 0.6 is 11.6 Å². The number of halogens is 1. The minimum Gasteiger partial charge on any atom is -0.456 e. The molecular formula is C18H20ClN3O3. The minimum absolute atomic E-state index is 0.0998. The van der Waals surface area contributed by atoms with Crippen LogP contribution < -0.4 is 15.8 Å². The van der Waals surface area contributed by atoms with Gasteiger partial charge in [0.05, 0.1) is 10.4 Å². The molecule has 3 rings (SSSR count). The molecule has 7 heteroatoms. The quantitative estimate of drug-likeness (QED) is 0.853. The van der Waals surface area contributed by atoms with Crippen LogP contribution in [0.4, 0.5) is 5.69 Å². The molecule has 3 N–H and O–H groups in total. The molecule has 1 aliphatic rings. The monoisotopic (exact) mass is 361 g/mol. The number of hydrogen-bond donors (Lipinski definition) is 2. The summed E-state index contributed by atoms with van der Waals surface area (Å²) >= 11 is 6.28. The molecule has 2 heterocycles. The number of rotatable bonds is 5. The van der Waals surface area contributed by atoms with Crippen molar-refractivity contribution in [2.75, 3.05) is 25.1 Å². The van der Waals surface area contributed by atoms with Gasteiger partial charge in [-0.25, -0.2) is 0 Å². The third-order valence-corrected chi connectivity index (χ3v) is 4.68. The molecule has 0 bridgehead atoms. The summed E-state index contributed by atoms with van der Waals surface area (Å²) in [6.07, 6.45) is 4.51. The maximum absolute atomic E-state index is 12.7. The predicted octanol–water partition coefficient (Wildman–Crippen LogP) is 3.22. The van der Waals surface area contributed by atoms with Crippen molar-refractivity contribution in [2.24, 2.45) is 11.1 Å². The Kier molecular flexibility index (Phi) is 5.53. The summed E-state index contributed by atoms with van der Waals surface area (Å²) < 4.78 is 11.0. The zero-order chi connectivity index (χ0) is 17.7. The van der Waals surface area contributed by atoms with Gasteiger partial charge < -0.3 is 20.5 Å². The Morgan fingerprint density at radius 2 is 2.00 bits per heavy atom. The van der Waals surface area contributed by atoms with Crippen LogP contribution in [0.3, 0.4) is 0 Å². The van der Waals surface area contributed by atoms with E-state index in [0.717, 1.165) is 0 Å². The third kappa shape index (κ3) is 4.10. The molecule has 1 aliphatic heterocycles. The Morgan fingerprint density at radius 3 is 2.64 bits per heavy atom. The second-order valence-corrected chi connectivity index (χ2v) is 6.39. The number of nitrogens with one attached hydrogen (secondary N) is 1. The van der Waals surface area contributed by atoms with E-state index in [1.54, 1.807) is 42.7 Å². The van der Waals surface area contributed by atoms with E-state index in [1.807, 2.05) is 0 Å². The lowest BCUT2D eigenvalue weighted by Crippen LogP contribution is -2.46. The molecule has 6 nitrogen and oxygen atoms in total. The number of hydrogen-bond acceptors (Lipinski definition) is 5. The average Bonchev–Trinajstić information content (AvgIpc) is 2.65. The van der Waals surface area contributed by atoms with Gasteiger partial charge in [-0.05, 0) is 43.2 Å². The van der Waals surface area contributed by atoms with Crippen LogP contribution in [-0.4, -0.2) is 30.6 Å². The van der Waals surface area contributed by atoms with Gasteiger partial charge in [0.2, 0.25) is 5.91 Å². The summed E-state index contributed by atoms with van der Waals surface area (Å²) in [5.41, 5.74) is 5.89. The van der Waals surface area contributed by atoms with Gasteiger partial charge in [0.15, 0.2) is 0 Å². The van der Waals surface area contributed by atoms with Gasteiger partial charge in [0.1, 0.15) is 11.5 Å². The Bertz CT molecular complexity index is 734. The summed E-state index contributed by atoms with van der Waals surface area (Å²) in [7, 11) is 0. The van der Waals surface area contributed by atoms with Crippen LogP contribution in [0.5, 0.6) is 11.5 Å². The van der Waals surface area contributed by atoms with Crippen molar-refractivity contribution in [2.45, 2.75) is 12.8 Å². The van der Waals surface area contributed by atoms with Crippen LogP contribution in [0.1, 0.15) is 12.8 Å². The number of nitrogens with zero attached hydrogens (tertiary/aromatic N) is 1. The molecule has 1 amide bonds. The standard InChI is InChI=1S/C18H20ClN3O3/c19-15-11-13(1-2-16(15)25-14-3-7-21-8-4-14)22-17(23)18(12-20)5-9-24-10-6-18/h1-4,7-8,11H,5-6,9-10,12,20H2,(H,22,23). The van der Waals surface area contributed by atoms with E-state index in [-0.39, 0.29) is 5.91 Å². The first-order chi connectivity index (χ1) is 12.1. The topological polar surface area (TPSA) is 86.5 Å². The molecule has 0 saturated carbocycles. The van der Waals surface area contributed by atoms with E-state index in [2.05, 4.69) is 10.3 Å². The summed E-state index contributed by atoms with van der Waals surface area (Å²) in [5.74, 6) is 1.04. The molecule has 0 unspecified atom stereocenters. The normalized spacial score (nSPS) is 16.2. The van der Waals surface area contributed by atoms with Crippen molar-refractivity contribution in [1.29, 1.82) is 0 Å². The number of carbonyl (C=O) groups is 1. The molecule has 0 atom stereocenters. The van der Waals surface area contributed by atoms with Crippen molar-refractivity contribution in [1.82, 2.24) is 4.98 Å². The lowest BCUT2D eigenvalue weighted by molar-refractivity contribution is -0.130. The largest absolute Gasteiger partial charge is 0.456 e. The molecule has 1 aromatic carbocycles. The van der Waals surface area contributed by atoms with Gasteiger partial charge in [-0.1, -0.05) is 11.6 Å². The van der Waals surface area contributed by atoms with Gasteiger partial charge in [-0.2, -0.15) is 0 Å². The summed E-state index contributed by atoms with van der Waals surface area (Å²) in [5, 5.41) is 3.32. The Morgan fingerprint density at radius 1 is 1.28 bits per heavy atom. The van der Waals surface area contributed by atoms with E-state index in [9.17, 15) is 4.79 Å². The second kappa shape index (κ2) is 7.82. The lowest BCUT2D eigenvalue weighted by Gasteiger charge is -2.34. The number of amides is 1. The van der Waals surface area contributed by atoms with Crippen molar-refractivity contribution >= 4 is 23.2 Å². The van der Waals surface area contributed by atoms with E-state index in [4.69, 9.17) is 26.8 Å².